The molecular formula is C22H10F27O. The van der Waals surface area contributed by atoms with Crippen molar-refractivity contribution in [2.24, 2.45) is 0 Å². The van der Waals surface area contributed by atoms with Crippen LogP contribution in [0.2, 0.25) is 0 Å². The number of alkyl halides is 27. The largest absolute Gasteiger partial charge is 0.460 e. The molecule has 1 atom stereocenters. The van der Waals surface area contributed by atoms with Gasteiger partial charge in [0.25, 0.3) is 0 Å². The third-order valence-electron chi connectivity index (χ3n) is 6.53. The Morgan fingerprint density at radius 2 is 0.660 bits per heavy atom. The molecule has 0 aliphatic rings. The zero-order chi connectivity index (χ0) is 40.7. The van der Waals surface area contributed by atoms with Gasteiger partial charge in [0.15, 0.2) is 0 Å². The Labute approximate surface area is 257 Å². The molecule has 1 aromatic carbocycles. The van der Waals surface area contributed by atoms with Crippen molar-refractivity contribution in [1.29, 1.82) is 0 Å². The lowest BCUT2D eigenvalue weighted by Crippen LogP contribution is -2.61. The average Bonchev–Trinajstić information content (AvgIpc) is 2.89. The molecule has 0 bridgehead atoms. The van der Waals surface area contributed by atoms with Crippen molar-refractivity contribution in [3.63, 3.8) is 0 Å². The zero-order valence-electron chi connectivity index (χ0n) is 22.8. The second-order valence-electron chi connectivity index (χ2n) is 9.93. The molecule has 1 nitrogen and oxygen atoms in total. The fourth-order valence-electron chi connectivity index (χ4n) is 3.75. The van der Waals surface area contributed by atoms with Gasteiger partial charge in [-0.1, -0.05) is 13.3 Å². The van der Waals surface area contributed by atoms with Gasteiger partial charge in [-0.3, -0.25) is 0 Å². The predicted octanol–water partition coefficient (Wildman–Crippen LogP) is 11.7. The first-order chi connectivity index (χ1) is 21.4. The van der Waals surface area contributed by atoms with Gasteiger partial charge in [0.2, 0.25) is 0 Å². The summed E-state index contributed by atoms with van der Waals surface area (Å²) >= 11 is 0. The van der Waals surface area contributed by atoms with Crippen LogP contribution in [0.3, 0.4) is 0 Å². The van der Waals surface area contributed by atoms with Gasteiger partial charge in [-0.05, 0) is 18.6 Å². The highest BCUT2D eigenvalue weighted by atomic mass is 19.4. The van der Waals surface area contributed by atoms with Crippen molar-refractivity contribution in [3.8, 4) is 0 Å². The van der Waals surface area contributed by atoms with Gasteiger partial charge in [-0.25, -0.2) is 5.11 Å². The number of rotatable bonds is 12. The van der Waals surface area contributed by atoms with Gasteiger partial charge in [0, 0.05) is 22.3 Å². The first-order valence-electron chi connectivity index (χ1n) is 11.9. The number of hydrogen-bond acceptors (Lipinski definition) is 0. The number of benzene rings is 1. The highest BCUT2D eigenvalue weighted by Gasteiger charge is 2.86. The maximum atomic E-state index is 15.0. The predicted molar refractivity (Wildman–Crippen MR) is 104 cm³/mol. The Morgan fingerprint density at radius 3 is 0.880 bits per heavy atom. The van der Waals surface area contributed by atoms with Crippen LogP contribution in [-0.4, -0.2) is 54.1 Å². The van der Waals surface area contributed by atoms with E-state index in [1.165, 1.54) is 0 Å². The fourth-order valence-corrected chi connectivity index (χ4v) is 3.75. The first kappa shape index (κ1) is 45.3. The minimum absolute atomic E-state index is 0.557. The summed E-state index contributed by atoms with van der Waals surface area (Å²) < 4.78 is 369. The third-order valence-corrected chi connectivity index (χ3v) is 6.53. The summed E-state index contributed by atoms with van der Waals surface area (Å²) in [7, 11) is 0. The van der Waals surface area contributed by atoms with Crippen LogP contribution >= 0.6 is 0 Å². The fraction of sp³-hybridized carbons (Fsp3) is 0.727. The van der Waals surface area contributed by atoms with Gasteiger partial charge >= 0.3 is 71.8 Å². The van der Waals surface area contributed by atoms with Crippen LogP contribution in [0.25, 0.3) is 0 Å². The van der Waals surface area contributed by atoms with E-state index in [9.17, 15) is 106 Å². The molecule has 0 N–H and O–H groups in total. The van der Waals surface area contributed by atoms with Crippen LogP contribution in [-0.2, 0) is 22.9 Å². The lowest BCUT2D eigenvalue weighted by atomic mass is 9.80. The van der Waals surface area contributed by atoms with Crippen molar-refractivity contribution in [3.05, 3.63) is 34.4 Å². The second-order valence-corrected chi connectivity index (χ2v) is 9.93. The highest BCUT2D eigenvalue weighted by Crippen LogP contribution is 2.63. The molecule has 0 aliphatic heterocycles. The smallest absolute Gasteiger partial charge is 0.228 e. The van der Waals surface area contributed by atoms with E-state index in [0.29, 0.717) is 6.92 Å². The monoisotopic (exact) mass is 803 g/mol. The Morgan fingerprint density at radius 1 is 0.420 bits per heavy atom. The minimum Gasteiger partial charge on any atom is -0.228 e. The summed E-state index contributed by atoms with van der Waals surface area (Å²) in [6.07, 6.45) is -31.2. The summed E-state index contributed by atoms with van der Waals surface area (Å²) in [5.41, 5.74) is -17.1. The minimum atomic E-state index is -8.46. The van der Waals surface area contributed by atoms with Gasteiger partial charge in [0.05, 0.1) is 0 Å². The quantitative estimate of drug-likeness (QED) is 0.188. The van der Waals surface area contributed by atoms with E-state index in [4.69, 9.17) is 0 Å². The van der Waals surface area contributed by atoms with Crippen LogP contribution in [0.5, 0.6) is 0 Å². The molecule has 0 saturated carbocycles. The van der Waals surface area contributed by atoms with Crippen LogP contribution in [0.15, 0.2) is 12.1 Å². The first-order valence-corrected chi connectivity index (χ1v) is 11.9. The highest BCUT2D eigenvalue weighted by molar-refractivity contribution is 5.49. The van der Waals surface area contributed by atoms with E-state index in [1.54, 1.807) is 0 Å². The van der Waals surface area contributed by atoms with Crippen molar-refractivity contribution < 1.29 is 124 Å². The van der Waals surface area contributed by atoms with Crippen molar-refractivity contribution >= 4 is 0 Å². The molecule has 0 heterocycles. The Hall–Kier alpha value is -2.71. The van der Waals surface area contributed by atoms with E-state index in [1.807, 2.05) is 0 Å². The van der Waals surface area contributed by atoms with E-state index in [-0.39, 0.29) is 0 Å². The Kier molecular flexibility index (Phi) is 11.0. The molecule has 0 spiro atoms. The van der Waals surface area contributed by atoms with Crippen LogP contribution < -0.4 is 0 Å². The molecule has 0 amide bonds. The molecule has 1 rings (SSSR count). The van der Waals surface area contributed by atoms with Gasteiger partial charge < -0.3 is 0 Å². The Bertz CT molecular complexity index is 1310. The summed E-state index contributed by atoms with van der Waals surface area (Å²) in [5, 5.41) is 12.5. The van der Waals surface area contributed by atoms with Crippen LogP contribution in [0, 0.1) is 0 Å². The molecule has 1 unspecified atom stereocenters. The van der Waals surface area contributed by atoms with Crippen molar-refractivity contribution in [2.75, 3.05) is 0 Å². The number of halogens is 27. The number of hydrogen-bond donors (Lipinski definition) is 0. The molecular weight excluding hydrogens is 793 g/mol. The third kappa shape index (κ3) is 6.24. The Balaban J connectivity index is 4.88. The summed E-state index contributed by atoms with van der Waals surface area (Å²) in [5.74, 6) is -74.4. The molecule has 0 fully saturated rings. The lowest BCUT2D eigenvalue weighted by molar-refractivity contribution is -0.402. The molecule has 1 aromatic rings. The molecule has 0 aliphatic carbocycles. The standard InChI is InChI=1S/C22H10F27O/c1-2-3-9(50)10-7(12(25,26)15(31,32)18(37,38)21(44,45)46)4-6(11(23,24)14(29,30)17(35,36)20(41,42)43)5-8(10)13(27,28)16(33,34)19(39,40)22(47,48)49/h4-5,9H,2-3H2,1H3. The van der Waals surface area contributed by atoms with Crippen LogP contribution in [0.4, 0.5) is 119 Å². The molecule has 28 heteroatoms. The van der Waals surface area contributed by atoms with Gasteiger partial charge in [0.1, 0.15) is 6.10 Å². The normalized spacial score (nSPS) is 16.6. The average molecular weight is 803 g/mol. The van der Waals surface area contributed by atoms with Crippen molar-refractivity contribution in [1.82, 2.24) is 0 Å². The van der Waals surface area contributed by atoms with E-state index in [2.05, 4.69) is 0 Å². The van der Waals surface area contributed by atoms with E-state index < -0.39 is 125 Å². The van der Waals surface area contributed by atoms with E-state index >= 15 is 17.6 Å². The van der Waals surface area contributed by atoms with E-state index in [0.717, 1.165) is 0 Å². The van der Waals surface area contributed by atoms with Crippen LogP contribution in [0.1, 0.15) is 48.1 Å². The zero-order valence-corrected chi connectivity index (χ0v) is 22.8. The van der Waals surface area contributed by atoms with Gasteiger partial charge in [-0.2, -0.15) is 119 Å². The summed E-state index contributed by atoms with van der Waals surface area (Å²) in [6.45, 7) is 0.557. The topological polar surface area (TPSA) is 19.9 Å². The molecule has 0 aromatic heterocycles. The SMILES string of the molecule is CCCC([O])c1c(C(F)(F)C(F)(F)C(F)(F)C(F)(F)F)cc(C(F)(F)C(F)(F)C(F)(F)C(F)(F)F)cc1C(F)(F)C(F)(F)C(F)(F)C(F)(F)F. The molecule has 293 valence electrons. The molecule has 50 heavy (non-hydrogen) atoms. The van der Waals surface area contributed by atoms with Gasteiger partial charge in [-0.15, -0.1) is 0 Å². The lowest BCUT2D eigenvalue weighted by Gasteiger charge is -2.39. The van der Waals surface area contributed by atoms with Crippen molar-refractivity contribution in [2.45, 2.75) is 97.7 Å². The maximum absolute atomic E-state index is 15.0. The maximum Gasteiger partial charge on any atom is 0.460 e. The molecule has 0 saturated heterocycles. The second kappa shape index (κ2) is 12.2. The summed E-state index contributed by atoms with van der Waals surface area (Å²) in [6, 6.07) is -4.62. The summed E-state index contributed by atoms with van der Waals surface area (Å²) in [4.78, 5) is 0. The molecule has 1 radical (unpaired) electrons.